The lowest BCUT2D eigenvalue weighted by Gasteiger charge is -2.05. The Morgan fingerprint density at radius 1 is 1.64 bits per heavy atom. The molecular formula is C8H10ClNO. The highest BCUT2D eigenvalue weighted by Crippen LogP contribution is 2.07. The summed E-state index contributed by atoms with van der Waals surface area (Å²) in [6.45, 7) is 0.130. The normalized spacial score (nSPS) is 20.6. The van der Waals surface area contributed by atoms with Crippen molar-refractivity contribution in [2.24, 2.45) is 4.99 Å². The maximum Gasteiger partial charge on any atom is 0.243 e. The standard InChI is InChI=1S/C8H10ClNO/c9-8(11)6-10-7-4-2-1-3-5-7/h1-2H,3-6H2. The van der Waals surface area contributed by atoms with Crippen LogP contribution in [-0.4, -0.2) is 17.5 Å². The van der Waals surface area contributed by atoms with Crippen LogP contribution in [0.1, 0.15) is 19.3 Å². The van der Waals surface area contributed by atoms with Crippen molar-refractivity contribution in [2.45, 2.75) is 19.3 Å². The number of hydrogen-bond acceptors (Lipinski definition) is 2. The van der Waals surface area contributed by atoms with Crippen molar-refractivity contribution >= 4 is 22.6 Å². The summed E-state index contributed by atoms with van der Waals surface area (Å²) < 4.78 is 0. The van der Waals surface area contributed by atoms with E-state index in [1.54, 1.807) is 0 Å². The van der Waals surface area contributed by atoms with Gasteiger partial charge in [-0.05, 0) is 24.4 Å². The highest BCUT2D eigenvalue weighted by Gasteiger charge is 2.01. The van der Waals surface area contributed by atoms with Crippen molar-refractivity contribution in [3.05, 3.63) is 12.2 Å². The van der Waals surface area contributed by atoms with E-state index < -0.39 is 0 Å². The molecule has 0 bridgehead atoms. The zero-order chi connectivity index (χ0) is 8.10. The van der Waals surface area contributed by atoms with Gasteiger partial charge in [0.05, 0.1) is 0 Å². The Morgan fingerprint density at radius 2 is 2.45 bits per heavy atom. The van der Waals surface area contributed by atoms with Crippen molar-refractivity contribution in [3.8, 4) is 0 Å². The smallest absolute Gasteiger partial charge is 0.243 e. The van der Waals surface area contributed by atoms with E-state index >= 15 is 0 Å². The molecule has 0 unspecified atom stereocenters. The minimum Gasteiger partial charge on any atom is -0.285 e. The van der Waals surface area contributed by atoms with Crippen LogP contribution in [0.15, 0.2) is 17.1 Å². The Hall–Kier alpha value is -0.630. The molecule has 3 heteroatoms. The average Bonchev–Trinajstić information content (AvgIpc) is 2.03. The van der Waals surface area contributed by atoms with Crippen LogP contribution >= 0.6 is 11.6 Å². The zero-order valence-electron chi connectivity index (χ0n) is 6.22. The highest BCUT2D eigenvalue weighted by molar-refractivity contribution is 6.64. The molecule has 0 spiro atoms. The molecule has 0 atom stereocenters. The first kappa shape index (κ1) is 8.47. The molecule has 0 amide bonds. The van der Waals surface area contributed by atoms with Crippen LogP contribution in [-0.2, 0) is 4.79 Å². The summed E-state index contributed by atoms with van der Waals surface area (Å²) in [7, 11) is 0. The lowest BCUT2D eigenvalue weighted by atomic mass is 10.1. The van der Waals surface area contributed by atoms with Gasteiger partial charge in [0.15, 0.2) is 0 Å². The molecule has 0 aromatic rings. The molecular weight excluding hydrogens is 162 g/mol. The number of hydrogen-bond donors (Lipinski definition) is 0. The number of rotatable bonds is 2. The number of allylic oxidation sites excluding steroid dienone is 2. The van der Waals surface area contributed by atoms with E-state index in [4.69, 9.17) is 11.6 Å². The molecule has 0 N–H and O–H groups in total. The Bertz CT molecular complexity index is 208. The Balaban J connectivity index is 2.40. The molecule has 0 radical (unpaired) electrons. The average molecular weight is 172 g/mol. The van der Waals surface area contributed by atoms with Crippen molar-refractivity contribution in [3.63, 3.8) is 0 Å². The molecule has 0 aliphatic heterocycles. The molecule has 0 saturated heterocycles. The Labute approximate surface area is 71.0 Å². The van der Waals surface area contributed by atoms with Crippen LogP contribution in [0.2, 0.25) is 0 Å². The van der Waals surface area contributed by atoms with Gasteiger partial charge in [-0.15, -0.1) is 0 Å². The predicted molar refractivity (Wildman–Crippen MR) is 46.2 cm³/mol. The Morgan fingerprint density at radius 3 is 3.00 bits per heavy atom. The van der Waals surface area contributed by atoms with E-state index in [9.17, 15) is 4.79 Å². The second kappa shape index (κ2) is 4.29. The minimum atomic E-state index is -0.382. The second-order valence-corrected chi connectivity index (χ2v) is 2.87. The summed E-state index contributed by atoms with van der Waals surface area (Å²) in [5, 5.41) is -0.382. The van der Waals surface area contributed by atoms with Crippen molar-refractivity contribution in [1.29, 1.82) is 0 Å². The first-order chi connectivity index (χ1) is 5.29. The van der Waals surface area contributed by atoms with Gasteiger partial charge >= 0.3 is 0 Å². The maximum absolute atomic E-state index is 10.3. The summed E-state index contributed by atoms with van der Waals surface area (Å²) in [6, 6.07) is 0. The quantitative estimate of drug-likeness (QED) is 0.461. The van der Waals surface area contributed by atoms with Crippen LogP contribution in [0.5, 0.6) is 0 Å². The van der Waals surface area contributed by atoms with Gasteiger partial charge in [-0.25, -0.2) is 0 Å². The maximum atomic E-state index is 10.3. The lowest BCUT2D eigenvalue weighted by Crippen LogP contribution is -2.03. The molecule has 0 aromatic heterocycles. The number of carbonyl (C=O) groups excluding carboxylic acids is 1. The molecule has 0 aromatic carbocycles. The van der Waals surface area contributed by atoms with Gasteiger partial charge in [0.25, 0.3) is 0 Å². The van der Waals surface area contributed by atoms with E-state index in [1.807, 2.05) is 0 Å². The van der Waals surface area contributed by atoms with E-state index in [0.717, 1.165) is 25.0 Å². The number of aliphatic imine (C=N–C) groups is 1. The molecule has 1 aliphatic rings. The predicted octanol–water partition coefficient (Wildman–Crippen LogP) is 1.93. The van der Waals surface area contributed by atoms with E-state index in [1.165, 1.54) is 0 Å². The number of halogens is 1. The van der Waals surface area contributed by atoms with Gasteiger partial charge in [-0.1, -0.05) is 12.2 Å². The van der Waals surface area contributed by atoms with Gasteiger partial charge in [0, 0.05) is 12.1 Å². The topological polar surface area (TPSA) is 29.4 Å². The SMILES string of the molecule is O=C(Cl)CN=C1CC=CCC1. The molecule has 0 fully saturated rings. The van der Waals surface area contributed by atoms with Crippen LogP contribution in [0.4, 0.5) is 0 Å². The summed E-state index contributed by atoms with van der Waals surface area (Å²) in [5.41, 5.74) is 1.08. The van der Waals surface area contributed by atoms with E-state index in [-0.39, 0.29) is 11.8 Å². The largest absolute Gasteiger partial charge is 0.285 e. The highest BCUT2D eigenvalue weighted by atomic mass is 35.5. The Kier molecular flexibility index (Phi) is 3.30. The van der Waals surface area contributed by atoms with E-state index in [2.05, 4.69) is 17.1 Å². The van der Waals surface area contributed by atoms with Crippen LogP contribution < -0.4 is 0 Å². The fraction of sp³-hybridized carbons (Fsp3) is 0.500. The second-order valence-electron chi connectivity index (χ2n) is 2.45. The monoisotopic (exact) mass is 171 g/mol. The minimum absolute atomic E-state index is 0.130. The summed E-state index contributed by atoms with van der Waals surface area (Å²) in [6.07, 6.45) is 7.09. The molecule has 0 saturated carbocycles. The third-order valence-corrected chi connectivity index (χ3v) is 1.67. The molecule has 11 heavy (non-hydrogen) atoms. The zero-order valence-corrected chi connectivity index (χ0v) is 6.97. The van der Waals surface area contributed by atoms with Crippen LogP contribution in [0.3, 0.4) is 0 Å². The third-order valence-electron chi connectivity index (χ3n) is 1.55. The van der Waals surface area contributed by atoms with Crippen molar-refractivity contribution in [1.82, 2.24) is 0 Å². The van der Waals surface area contributed by atoms with Gasteiger partial charge < -0.3 is 0 Å². The molecule has 0 heterocycles. The fourth-order valence-electron chi connectivity index (χ4n) is 1.01. The molecule has 2 nitrogen and oxygen atoms in total. The fourth-order valence-corrected chi connectivity index (χ4v) is 1.07. The summed E-state index contributed by atoms with van der Waals surface area (Å²) >= 11 is 5.13. The summed E-state index contributed by atoms with van der Waals surface area (Å²) in [4.78, 5) is 14.4. The molecule has 60 valence electrons. The summed E-state index contributed by atoms with van der Waals surface area (Å²) in [5.74, 6) is 0. The van der Waals surface area contributed by atoms with E-state index in [0.29, 0.717) is 0 Å². The van der Waals surface area contributed by atoms with Crippen LogP contribution in [0, 0.1) is 0 Å². The van der Waals surface area contributed by atoms with Gasteiger partial charge in [0.2, 0.25) is 5.24 Å². The first-order valence-electron chi connectivity index (χ1n) is 3.64. The lowest BCUT2D eigenvalue weighted by molar-refractivity contribution is -0.110. The van der Waals surface area contributed by atoms with Gasteiger partial charge in [-0.2, -0.15) is 0 Å². The van der Waals surface area contributed by atoms with Crippen molar-refractivity contribution < 1.29 is 4.79 Å². The van der Waals surface area contributed by atoms with Gasteiger partial charge in [-0.3, -0.25) is 9.79 Å². The molecule has 1 rings (SSSR count). The van der Waals surface area contributed by atoms with Gasteiger partial charge in [0.1, 0.15) is 6.54 Å². The first-order valence-corrected chi connectivity index (χ1v) is 4.02. The number of nitrogens with zero attached hydrogens (tertiary/aromatic N) is 1. The number of carbonyl (C=O) groups is 1. The third kappa shape index (κ3) is 3.33. The van der Waals surface area contributed by atoms with Crippen LogP contribution in [0.25, 0.3) is 0 Å². The molecule has 1 aliphatic carbocycles. The van der Waals surface area contributed by atoms with Crippen molar-refractivity contribution in [2.75, 3.05) is 6.54 Å².